The number of rotatable bonds is 3. The molecular formula is C10H13NO2. The number of ether oxygens (including phenoxy) is 1. The number of hydrogen-bond acceptors (Lipinski definition) is 3. The zero-order valence-electron chi connectivity index (χ0n) is 7.53. The lowest BCUT2D eigenvalue weighted by Gasteiger charge is -2.04. The number of phenols is 1. The Hall–Kier alpha value is -1.48. The Morgan fingerprint density at radius 1 is 1.54 bits per heavy atom. The van der Waals surface area contributed by atoms with E-state index in [1.54, 1.807) is 25.3 Å². The van der Waals surface area contributed by atoms with Gasteiger partial charge in [-0.15, -0.1) is 0 Å². The normalized spacial score (nSPS) is 10.6. The lowest BCUT2D eigenvalue weighted by molar-refractivity contribution is 0.407. The van der Waals surface area contributed by atoms with Crippen molar-refractivity contribution in [2.24, 2.45) is 5.73 Å². The first-order valence-electron chi connectivity index (χ1n) is 4.01. The molecule has 0 saturated carbocycles. The van der Waals surface area contributed by atoms with Crippen LogP contribution < -0.4 is 10.5 Å². The Kier molecular flexibility index (Phi) is 3.34. The van der Waals surface area contributed by atoms with Crippen LogP contribution in [0.25, 0.3) is 6.08 Å². The van der Waals surface area contributed by atoms with Crippen molar-refractivity contribution in [1.29, 1.82) is 0 Å². The lowest BCUT2D eigenvalue weighted by Crippen LogP contribution is -1.92. The summed E-state index contributed by atoms with van der Waals surface area (Å²) in [5.41, 5.74) is 6.23. The fourth-order valence-corrected chi connectivity index (χ4v) is 1.03. The fourth-order valence-electron chi connectivity index (χ4n) is 1.03. The molecule has 0 heterocycles. The minimum absolute atomic E-state index is 0.196. The molecular weight excluding hydrogens is 166 g/mol. The molecule has 0 atom stereocenters. The van der Waals surface area contributed by atoms with Gasteiger partial charge in [-0.25, -0.2) is 0 Å². The molecule has 0 aliphatic carbocycles. The monoisotopic (exact) mass is 179 g/mol. The Balaban J connectivity index is 2.99. The predicted octanol–water partition coefficient (Wildman–Crippen LogP) is 1.37. The van der Waals surface area contributed by atoms with Gasteiger partial charge in [-0.05, 0) is 12.1 Å². The van der Waals surface area contributed by atoms with Crippen molar-refractivity contribution in [2.45, 2.75) is 0 Å². The van der Waals surface area contributed by atoms with Gasteiger partial charge in [0.25, 0.3) is 0 Å². The second-order valence-corrected chi connectivity index (χ2v) is 2.56. The maximum absolute atomic E-state index is 9.17. The Bertz CT molecular complexity index is 308. The highest BCUT2D eigenvalue weighted by atomic mass is 16.5. The maximum Gasteiger partial charge on any atom is 0.129 e. The van der Waals surface area contributed by atoms with Gasteiger partial charge >= 0.3 is 0 Å². The summed E-state index contributed by atoms with van der Waals surface area (Å²) in [7, 11) is 1.56. The average molecular weight is 179 g/mol. The molecule has 0 unspecified atom stereocenters. The Morgan fingerprint density at radius 2 is 2.31 bits per heavy atom. The SMILES string of the molecule is COc1cc(O)ccc1/C=C/CN. The van der Waals surface area contributed by atoms with Gasteiger partial charge in [-0.2, -0.15) is 0 Å². The number of methoxy groups -OCH3 is 1. The second kappa shape index (κ2) is 4.52. The third-order valence-corrected chi connectivity index (χ3v) is 1.65. The molecule has 70 valence electrons. The molecule has 0 fully saturated rings. The topological polar surface area (TPSA) is 55.5 Å². The number of phenolic OH excluding ortho intramolecular Hbond substituents is 1. The van der Waals surface area contributed by atoms with Gasteiger partial charge in [-0.1, -0.05) is 12.2 Å². The van der Waals surface area contributed by atoms with Gasteiger partial charge in [0.15, 0.2) is 0 Å². The summed E-state index contributed by atoms with van der Waals surface area (Å²) < 4.78 is 5.07. The fraction of sp³-hybridized carbons (Fsp3) is 0.200. The molecule has 0 aliphatic heterocycles. The van der Waals surface area contributed by atoms with E-state index < -0.39 is 0 Å². The van der Waals surface area contributed by atoms with Crippen molar-refractivity contribution >= 4 is 6.08 Å². The van der Waals surface area contributed by atoms with Gasteiger partial charge < -0.3 is 15.6 Å². The van der Waals surface area contributed by atoms with Gasteiger partial charge in [0.1, 0.15) is 11.5 Å². The summed E-state index contributed by atoms with van der Waals surface area (Å²) in [6, 6.07) is 4.95. The van der Waals surface area contributed by atoms with Crippen molar-refractivity contribution in [3.8, 4) is 11.5 Å². The third-order valence-electron chi connectivity index (χ3n) is 1.65. The van der Waals surface area contributed by atoms with Gasteiger partial charge in [0.2, 0.25) is 0 Å². The first-order chi connectivity index (χ1) is 6.27. The first-order valence-corrected chi connectivity index (χ1v) is 4.01. The average Bonchev–Trinajstić information content (AvgIpc) is 2.16. The van der Waals surface area contributed by atoms with Crippen LogP contribution in [0.4, 0.5) is 0 Å². The van der Waals surface area contributed by atoms with E-state index in [0.717, 1.165) is 5.56 Å². The third kappa shape index (κ3) is 2.49. The van der Waals surface area contributed by atoms with Crippen molar-refractivity contribution in [1.82, 2.24) is 0 Å². The molecule has 3 N–H and O–H groups in total. The standard InChI is InChI=1S/C10H13NO2/c1-13-10-7-9(12)5-4-8(10)3-2-6-11/h2-5,7,12H,6,11H2,1H3/b3-2+. The van der Waals surface area contributed by atoms with E-state index in [1.807, 2.05) is 12.2 Å². The molecule has 0 aromatic heterocycles. The van der Waals surface area contributed by atoms with Crippen LogP contribution >= 0.6 is 0 Å². The quantitative estimate of drug-likeness (QED) is 0.736. The van der Waals surface area contributed by atoms with E-state index in [0.29, 0.717) is 12.3 Å². The summed E-state index contributed by atoms with van der Waals surface area (Å²) >= 11 is 0. The number of hydrogen-bond donors (Lipinski definition) is 2. The molecule has 13 heavy (non-hydrogen) atoms. The predicted molar refractivity (Wildman–Crippen MR) is 52.7 cm³/mol. The minimum Gasteiger partial charge on any atom is -0.508 e. The summed E-state index contributed by atoms with van der Waals surface area (Å²) in [5.74, 6) is 0.839. The van der Waals surface area contributed by atoms with Crippen LogP contribution in [-0.2, 0) is 0 Å². The van der Waals surface area contributed by atoms with Crippen molar-refractivity contribution in [3.63, 3.8) is 0 Å². The van der Waals surface area contributed by atoms with Crippen molar-refractivity contribution < 1.29 is 9.84 Å². The van der Waals surface area contributed by atoms with Crippen LogP contribution in [0.15, 0.2) is 24.3 Å². The highest BCUT2D eigenvalue weighted by Crippen LogP contribution is 2.24. The van der Waals surface area contributed by atoms with E-state index in [2.05, 4.69) is 0 Å². The summed E-state index contributed by atoms with van der Waals surface area (Å²) in [6.45, 7) is 0.490. The maximum atomic E-state index is 9.17. The molecule has 0 radical (unpaired) electrons. The molecule has 1 aromatic rings. The summed E-state index contributed by atoms with van der Waals surface area (Å²) in [4.78, 5) is 0. The van der Waals surface area contributed by atoms with E-state index in [9.17, 15) is 0 Å². The van der Waals surface area contributed by atoms with Crippen LogP contribution in [0.2, 0.25) is 0 Å². The molecule has 3 heteroatoms. The van der Waals surface area contributed by atoms with Gasteiger partial charge in [0, 0.05) is 18.2 Å². The van der Waals surface area contributed by atoms with Crippen LogP contribution in [0.5, 0.6) is 11.5 Å². The summed E-state index contributed by atoms with van der Waals surface area (Å²) in [5, 5.41) is 9.17. The highest BCUT2D eigenvalue weighted by Gasteiger charge is 1.99. The van der Waals surface area contributed by atoms with Crippen LogP contribution in [0.1, 0.15) is 5.56 Å². The van der Waals surface area contributed by atoms with E-state index in [4.69, 9.17) is 15.6 Å². The molecule has 0 aliphatic rings. The van der Waals surface area contributed by atoms with Gasteiger partial charge in [0.05, 0.1) is 7.11 Å². The second-order valence-electron chi connectivity index (χ2n) is 2.56. The molecule has 0 saturated heterocycles. The molecule has 0 spiro atoms. The van der Waals surface area contributed by atoms with Crippen LogP contribution in [0, 0.1) is 0 Å². The zero-order valence-corrected chi connectivity index (χ0v) is 7.53. The van der Waals surface area contributed by atoms with Crippen LogP contribution in [-0.4, -0.2) is 18.8 Å². The van der Waals surface area contributed by atoms with E-state index in [-0.39, 0.29) is 5.75 Å². The molecule has 1 rings (SSSR count). The van der Waals surface area contributed by atoms with Crippen molar-refractivity contribution in [3.05, 3.63) is 29.8 Å². The Labute approximate surface area is 77.4 Å². The number of nitrogens with two attached hydrogens (primary N) is 1. The van der Waals surface area contributed by atoms with Crippen LogP contribution in [0.3, 0.4) is 0 Å². The largest absolute Gasteiger partial charge is 0.508 e. The minimum atomic E-state index is 0.196. The zero-order chi connectivity index (χ0) is 9.68. The van der Waals surface area contributed by atoms with Gasteiger partial charge in [-0.3, -0.25) is 0 Å². The van der Waals surface area contributed by atoms with Crippen molar-refractivity contribution in [2.75, 3.05) is 13.7 Å². The smallest absolute Gasteiger partial charge is 0.129 e. The number of aromatic hydroxyl groups is 1. The summed E-state index contributed by atoms with van der Waals surface area (Å²) in [6.07, 6.45) is 3.69. The Morgan fingerprint density at radius 3 is 2.92 bits per heavy atom. The first kappa shape index (κ1) is 9.61. The number of benzene rings is 1. The van der Waals surface area contributed by atoms with E-state index in [1.165, 1.54) is 0 Å². The molecule has 0 amide bonds. The lowest BCUT2D eigenvalue weighted by atomic mass is 10.2. The molecule has 1 aromatic carbocycles. The molecule has 3 nitrogen and oxygen atoms in total. The highest BCUT2D eigenvalue weighted by molar-refractivity contribution is 5.59. The van der Waals surface area contributed by atoms with E-state index >= 15 is 0 Å². The molecule has 0 bridgehead atoms.